The van der Waals surface area contributed by atoms with Crippen molar-refractivity contribution in [3.05, 3.63) is 23.8 Å². The van der Waals surface area contributed by atoms with E-state index >= 15 is 0 Å². The molecular formula is C14H19Cl3O2Si2. The van der Waals surface area contributed by atoms with Crippen molar-refractivity contribution in [2.45, 2.75) is 50.8 Å². The van der Waals surface area contributed by atoms with Crippen molar-refractivity contribution in [3.63, 3.8) is 0 Å². The summed E-state index contributed by atoms with van der Waals surface area (Å²) in [6.45, 7) is 2.78. The lowest BCUT2D eigenvalue weighted by Crippen LogP contribution is -2.50. The molecule has 2 nitrogen and oxygen atoms in total. The van der Waals surface area contributed by atoms with Crippen molar-refractivity contribution < 1.29 is 8.85 Å². The van der Waals surface area contributed by atoms with Gasteiger partial charge in [-0.25, -0.2) is 0 Å². The molecule has 1 atom stereocenters. The lowest BCUT2D eigenvalue weighted by molar-refractivity contribution is 0.187. The van der Waals surface area contributed by atoms with Gasteiger partial charge in [-0.1, -0.05) is 31.4 Å². The van der Waals surface area contributed by atoms with Crippen LogP contribution in [0.4, 0.5) is 0 Å². The molecule has 2 aliphatic rings. The molecule has 1 aromatic rings. The highest BCUT2D eigenvalue weighted by atomic mass is 35.8. The molecule has 21 heavy (non-hydrogen) atoms. The molecular weight excluding hydrogens is 363 g/mol. The third kappa shape index (κ3) is 3.46. The summed E-state index contributed by atoms with van der Waals surface area (Å²) in [4.78, 5) is 0. The summed E-state index contributed by atoms with van der Waals surface area (Å²) in [5, 5.41) is 0.793. The first kappa shape index (κ1) is 16.2. The van der Waals surface area contributed by atoms with Crippen molar-refractivity contribution in [1.82, 2.24) is 0 Å². The Morgan fingerprint density at radius 1 is 1.14 bits per heavy atom. The Morgan fingerprint density at radius 2 is 1.86 bits per heavy atom. The van der Waals surface area contributed by atoms with Crippen LogP contribution in [0.25, 0.3) is 0 Å². The highest BCUT2D eigenvalue weighted by Crippen LogP contribution is 2.42. The lowest BCUT2D eigenvalue weighted by Gasteiger charge is -2.40. The largest absolute Gasteiger partial charge is 0.520 e. The SMILES string of the molecule is C[Si]1(C2CCCCC2)OCc2cc([Si](Cl)(Cl)Cl)ccc2O1. The van der Waals surface area contributed by atoms with E-state index in [4.69, 9.17) is 42.1 Å². The second-order valence-electron chi connectivity index (χ2n) is 6.06. The van der Waals surface area contributed by atoms with Gasteiger partial charge < -0.3 is 8.85 Å². The van der Waals surface area contributed by atoms with Gasteiger partial charge in [0.2, 0.25) is 0 Å². The maximum absolute atomic E-state index is 6.33. The summed E-state index contributed by atoms with van der Waals surface area (Å²) in [5.41, 5.74) is 1.61. The zero-order valence-electron chi connectivity index (χ0n) is 12.0. The van der Waals surface area contributed by atoms with Crippen molar-refractivity contribution in [3.8, 4) is 5.75 Å². The van der Waals surface area contributed by atoms with E-state index in [-0.39, 0.29) is 0 Å². The summed E-state index contributed by atoms with van der Waals surface area (Å²) in [5.74, 6) is 0.924. The predicted octanol–water partition coefficient (Wildman–Crippen LogP) is 4.86. The molecule has 0 radical (unpaired) electrons. The Balaban J connectivity index is 1.82. The second kappa shape index (κ2) is 6.06. The quantitative estimate of drug-likeness (QED) is 0.538. The van der Waals surface area contributed by atoms with E-state index in [0.717, 1.165) is 16.5 Å². The zero-order valence-corrected chi connectivity index (χ0v) is 16.3. The Bertz CT molecular complexity index is 529. The van der Waals surface area contributed by atoms with Gasteiger partial charge >= 0.3 is 14.6 Å². The minimum Gasteiger partial charge on any atom is -0.520 e. The molecule has 1 unspecified atom stereocenters. The molecule has 1 saturated carbocycles. The summed E-state index contributed by atoms with van der Waals surface area (Å²) in [7, 11) is -2.14. The van der Waals surface area contributed by atoms with Gasteiger partial charge in [0, 0.05) is 11.1 Å². The van der Waals surface area contributed by atoms with Crippen LogP contribution in [0.5, 0.6) is 5.75 Å². The van der Waals surface area contributed by atoms with Gasteiger partial charge in [0.25, 0.3) is 0 Å². The number of hydrogen-bond donors (Lipinski definition) is 0. The zero-order chi connectivity index (χ0) is 15.1. The molecule has 1 heterocycles. The first-order chi connectivity index (χ1) is 9.88. The lowest BCUT2D eigenvalue weighted by atomic mass is 10.0. The molecule has 0 N–H and O–H groups in total. The standard InChI is InChI=1S/C14H19Cl3O2Si2/c1-20(12-5-3-2-4-6-12)18-10-11-9-13(21(15,16)17)7-8-14(11)19-20/h7-9,12H,2-6,10H2,1H3. The van der Waals surface area contributed by atoms with Crippen LogP contribution in [0, 0.1) is 0 Å². The van der Waals surface area contributed by atoms with Crippen LogP contribution in [0.15, 0.2) is 18.2 Å². The van der Waals surface area contributed by atoms with Crippen LogP contribution in [0.2, 0.25) is 12.1 Å². The van der Waals surface area contributed by atoms with Gasteiger partial charge in [-0.05, 0) is 30.6 Å². The molecule has 1 aliphatic heterocycles. The third-order valence-electron chi connectivity index (χ3n) is 4.56. The average Bonchev–Trinajstić information content (AvgIpc) is 2.46. The minimum atomic E-state index is -2.84. The van der Waals surface area contributed by atoms with E-state index in [9.17, 15) is 0 Å². The predicted molar refractivity (Wildman–Crippen MR) is 93.3 cm³/mol. The summed E-state index contributed by atoms with van der Waals surface area (Å²) in [6.07, 6.45) is 6.40. The van der Waals surface area contributed by atoms with E-state index in [0.29, 0.717) is 12.1 Å². The van der Waals surface area contributed by atoms with E-state index < -0.39 is 14.6 Å². The van der Waals surface area contributed by atoms with Crippen molar-refractivity contribution in [2.75, 3.05) is 0 Å². The fraction of sp³-hybridized carbons (Fsp3) is 0.571. The Kier molecular flexibility index (Phi) is 4.66. The number of halogens is 3. The molecule has 7 heteroatoms. The van der Waals surface area contributed by atoms with Crippen LogP contribution in [0.3, 0.4) is 0 Å². The number of benzene rings is 1. The van der Waals surface area contributed by atoms with Crippen LogP contribution < -0.4 is 9.61 Å². The normalized spacial score (nSPS) is 27.0. The molecule has 116 valence electrons. The van der Waals surface area contributed by atoms with Crippen molar-refractivity contribution in [1.29, 1.82) is 0 Å². The van der Waals surface area contributed by atoms with Crippen LogP contribution in [-0.4, -0.2) is 14.6 Å². The Morgan fingerprint density at radius 3 is 2.52 bits per heavy atom. The van der Waals surface area contributed by atoms with E-state index in [1.165, 1.54) is 32.1 Å². The third-order valence-corrected chi connectivity index (χ3v) is 10.9. The highest BCUT2D eigenvalue weighted by molar-refractivity contribution is 7.69. The summed E-state index contributed by atoms with van der Waals surface area (Å²) < 4.78 is 12.5. The summed E-state index contributed by atoms with van der Waals surface area (Å²) >= 11 is 18.2. The molecule has 0 saturated heterocycles. The molecule has 0 amide bonds. The smallest absolute Gasteiger partial charge is 0.399 e. The second-order valence-corrected chi connectivity index (χ2v) is 17.8. The van der Waals surface area contributed by atoms with E-state index in [2.05, 4.69) is 6.55 Å². The molecule has 1 aliphatic carbocycles. The Hall–Kier alpha value is 0.284. The van der Waals surface area contributed by atoms with Gasteiger partial charge in [0.1, 0.15) is 5.75 Å². The van der Waals surface area contributed by atoms with Crippen LogP contribution in [-0.2, 0) is 11.0 Å². The summed E-state index contributed by atoms with van der Waals surface area (Å²) in [6, 6.07) is 2.93. The van der Waals surface area contributed by atoms with Crippen LogP contribution in [0.1, 0.15) is 37.7 Å². The monoisotopic (exact) mass is 380 g/mol. The Labute approximate surface area is 142 Å². The number of rotatable bonds is 2. The van der Waals surface area contributed by atoms with Gasteiger partial charge in [0.15, 0.2) is 0 Å². The average molecular weight is 382 g/mol. The maximum Gasteiger partial charge on any atom is 0.399 e. The van der Waals surface area contributed by atoms with E-state index in [1.807, 2.05) is 18.2 Å². The molecule has 3 rings (SSSR count). The van der Waals surface area contributed by atoms with Gasteiger partial charge in [-0.15, -0.1) is 33.2 Å². The number of hydrogen-bond acceptors (Lipinski definition) is 2. The van der Waals surface area contributed by atoms with Crippen LogP contribution >= 0.6 is 33.2 Å². The van der Waals surface area contributed by atoms with Gasteiger partial charge in [0.05, 0.1) is 6.61 Å². The first-order valence-electron chi connectivity index (χ1n) is 7.41. The fourth-order valence-electron chi connectivity index (χ4n) is 3.27. The number of fused-ring (bicyclic) bond motifs is 1. The van der Waals surface area contributed by atoms with Crippen molar-refractivity contribution >= 4 is 53.0 Å². The molecule has 0 spiro atoms. The molecule has 1 aromatic carbocycles. The topological polar surface area (TPSA) is 18.5 Å². The van der Waals surface area contributed by atoms with Gasteiger partial charge in [-0.2, -0.15) is 0 Å². The minimum absolute atomic E-state index is 0.581. The maximum atomic E-state index is 6.33. The molecule has 0 aromatic heterocycles. The van der Waals surface area contributed by atoms with Gasteiger partial charge in [-0.3, -0.25) is 0 Å². The van der Waals surface area contributed by atoms with Crippen molar-refractivity contribution in [2.24, 2.45) is 0 Å². The molecule has 0 bridgehead atoms. The fourth-order valence-corrected chi connectivity index (χ4v) is 7.93. The molecule has 1 fully saturated rings. The van der Waals surface area contributed by atoms with E-state index in [1.54, 1.807) is 0 Å². The first-order valence-corrected chi connectivity index (χ1v) is 14.8. The highest BCUT2D eigenvalue weighted by Gasteiger charge is 2.46.